The van der Waals surface area contributed by atoms with Crippen molar-refractivity contribution in [3.05, 3.63) is 23.1 Å². The zero-order chi connectivity index (χ0) is 11.4. The van der Waals surface area contributed by atoms with Gasteiger partial charge in [0.1, 0.15) is 0 Å². The van der Waals surface area contributed by atoms with Crippen LogP contribution in [0.4, 0.5) is 0 Å². The minimum Gasteiger partial charge on any atom is -0.452 e. The van der Waals surface area contributed by atoms with Gasteiger partial charge in [-0.25, -0.2) is 0 Å². The van der Waals surface area contributed by atoms with Crippen molar-refractivity contribution >= 4 is 17.5 Å². The summed E-state index contributed by atoms with van der Waals surface area (Å²) in [6, 6.07) is 1.58. The zero-order valence-electron chi connectivity index (χ0n) is 9.04. The van der Waals surface area contributed by atoms with Crippen LogP contribution in [-0.4, -0.2) is 37.0 Å². The molecule has 1 aliphatic heterocycles. The van der Waals surface area contributed by atoms with Gasteiger partial charge < -0.3 is 14.6 Å². The molecule has 0 aliphatic carbocycles. The van der Waals surface area contributed by atoms with Crippen LogP contribution in [0.25, 0.3) is 0 Å². The first kappa shape index (κ1) is 11.5. The number of amides is 1. The second kappa shape index (κ2) is 5.37. The monoisotopic (exact) mass is 242 g/mol. The molecule has 1 N–H and O–H groups in total. The van der Waals surface area contributed by atoms with Gasteiger partial charge in [0.2, 0.25) is 5.22 Å². The Balaban J connectivity index is 1.73. The third-order valence-corrected chi connectivity index (χ3v) is 3.07. The van der Waals surface area contributed by atoms with Crippen LogP contribution in [0.5, 0.6) is 0 Å². The molecule has 1 amide bonds. The average molecular weight is 243 g/mol. The van der Waals surface area contributed by atoms with Crippen LogP contribution in [0.1, 0.15) is 23.2 Å². The van der Waals surface area contributed by atoms with Crippen LogP contribution in [0.15, 0.2) is 16.7 Å². The molecular weight excluding hydrogens is 228 g/mol. The van der Waals surface area contributed by atoms with E-state index >= 15 is 0 Å². The molecular formula is C11H15ClN2O2. The highest BCUT2D eigenvalue weighted by Crippen LogP contribution is 2.16. The Bertz CT molecular complexity index is 359. The Hall–Kier alpha value is -1.00. The third-order valence-electron chi connectivity index (χ3n) is 2.77. The summed E-state index contributed by atoms with van der Waals surface area (Å²) in [6.07, 6.45) is 3.95. The van der Waals surface area contributed by atoms with Gasteiger partial charge in [-0.3, -0.25) is 4.79 Å². The fraction of sp³-hybridized carbons (Fsp3) is 0.545. The summed E-state index contributed by atoms with van der Waals surface area (Å²) in [7, 11) is 0. The number of carbonyl (C=O) groups is 1. The van der Waals surface area contributed by atoms with Crippen LogP contribution >= 0.6 is 11.6 Å². The van der Waals surface area contributed by atoms with Crippen LogP contribution < -0.4 is 5.32 Å². The molecule has 0 atom stereocenters. The molecule has 4 nitrogen and oxygen atoms in total. The van der Waals surface area contributed by atoms with E-state index in [2.05, 4.69) is 10.2 Å². The number of nitrogens with one attached hydrogen (secondary N) is 1. The smallest absolute Gasteiger partial charge is 0.256 e. The van der Waals surface area contributed by atoms with Crippen molar-refractivity contribution in [3.8, 4) is 0 Å². The van der Waals surface area contributed by atoms with Crippen molar-refractivity contribution in [3.63, 3.8) is 0 Å². The molecule has 1 aliphatic rings. The highest BCUT2D eigenvalue weighted by Gasteiger charge is 2.14. The van der Waals surface area contributed by atoms with Crippen LogP contribution in [0.3, 0.4) is 0 Å². The Morgan fingerprint density at radius 3 is 2.88 bits per heavy atom. The SMILES string of the molecule is O=C(NCCN1CCCC1)c1ccoc1Cl. The Morgan fingerprint density at radius 1 is 1.50 bits per heavy atom. The predicted octanol–water partition coefficient (Wildman–Crippen LogP) is 1.76. The molecule has 0 spiro atoms. The lowest BCUT2D eigenvalue weighted by Gasteiger charge is -2.14. The number of hydrogen-bond acceptors (Lipinski definition) is 3. The summed E-state index contributed by atoms with van der Waals surface area (Å²) < 4.78 is 4.86. The van der Waals surface area contributed by atoms with E-state index < -0.39 is 0 Å². The molecule has 88 valence electrons. The van der Waals surface area contributed by atoms with Gasteiger partial charge in [0.05, 0.1) is 11.8 Å². The Kier molecular flexibility index (Phi) is 3.85. The van der Waals surface area contributed by atoms with E-state index in [4.69, 9.17) is 16.0 Å². The van der Waals surface area contributed by atoms with Gasteiger partial charge in [0.15, 0.2) is 0 Å². The topological polar surface area (TPSA) is 45.5 Å². The van der Waals surface area contributed by atoms with Crippen molar-refractivity contribution in [2.75, 3.05) is 26.2 Å². The lowest BCUT2D eigenvalue weighted by atomic mass is 10.3. The summed E-state index contributed by atoms with van der Waals surface area (Å²) >= 11 is 5.70. The molecule has 5 heteroatoms. The normalized spacial score (nSPS) is 16.6. The quantitative estimate of drug-likeness (QED) is 0.875. The Labute approximate surface area is 99.5 Å². The van der Waals surface area contributed by atoms with Gasteiger partial charge in [-0.2, -0.15) is 0 Å². The maximum Gasteiger partial charge on any atom is 0.256 e. The summed E-state index contributed by atoms with van der Waals surface area (Å²) in [5.74, 6) is -0.169. The maximum absolute atomic E-state index is 11.6. The van der Waals surface area contributed by atoms with E-state index in [9.17, 15) is 4.79 Å². The van der Waals surface area contributed by atoms with Crippen LogP contribution in [0, 0.1) is 0 Å². The first-order valence-electron chi connectivity index (χ1n) is 5.51. The number of carbonyl (C=O) groups excluding carboxylic acids is 1. The molecule has 0 bridgehead atoms. The van der Waals surface area contributed by atoms with Crippen molar-refractivity contribution in [1.29, 1.82) is 0 Å². The fourth-order valence-corrected chi connectivity index (χ4v) is 2.09. The van der Waals surface area contributed by atoms with E-state index in [1.807, 2.05) is 0 Å². The highest BCUT2D eigenvalue weighted by atomic mass is 35.5. The second-order valence-corrected chi connectivity index (χ2v) is 4.26. The minimum absolute atomic E-state index is 0.152. The van der Waals surface area contributed by atoms with E-state index in [1.165, 1.54) is 19.1 Å². The molecule has 0 aromatic carbocycles. The summed E-state index contributed by atoms with van der Waals surface area (Å²) in [5.41, 5.74) is 0.406. The standard InChI is InChI=1S/C11H15ClN2O2/c12-10-9(3-8-16-10)11(15)13-4-7-14-5-1-2-6-14/h3,8H,1-2,4-7H2,(H,13,15). The minimum atomic E-state index is -0.169. The first-order chi connectivity index (χ1) is 7.77. The molecule has 1 fully saturated rings. The molecule has 0 unspecified atom stereocenters. The summed E-state index contributed by atoms with van der Waals surface area (Å²) in [6.45, 7) is 3.84. The lowest BCUT2D eigenvalue weighted by Crippen LogP contribution is -2.33. The van der Waals surface area contributed by atoms with Crippen LogP contribution in [0.2, 0.25) is 5.22 Å². The van der Waals surface area contributed by atoms with E-state index in [0.29, 0.717) is 12.1 Å². The van der Waals surface area contributed by atoms with Crippen molar-refractivity contribution in [1.82, 2.24) is 10.2 Å². The number of furan rings is 1. The van der Waals surface area contributed by atoms with Gasteiger partial charge in [-0.05, 0) is 43.6 Å². The summed E-state index contributed by atoms with van der Waals surface area (Å²) in [5, 5.41) is 2.98. The van der Waals surface area contributed by atoms with Gasteiger partial charge in [-0.15, -0.1) is 0 Å². The molecule has 1 saturated heterocycles. The van der Waals surface area contributed by atoms with Crippen molar-refractivity contribution < 1.29 is 9.21 Å². The van der Waals surface area contributed by atoms with Gasteiger partial charge in [-0.1, -0.05) is 0 Å². The number of halogens is 1. The molecule has 16 heavy (non-hydrogen) atoms. The predicted molar refractivity (Wildman–Crippen MR) is 61.7 cm³/mol. The fourth-order valence-electron chi connectivity index (χ4n) is 1.88. The van der Waals surface area contributed by atoms with Gasteiger partial charge in [0.25, 0.3) is 5.91 Å². The summed E-state index contributed by atoms with van der Waals surface area (Å²) in [4.78, 5) is 14.0. The molecule has 0 radical (unpaired) electrons. The van der Waals surface area contributed by atoms with Crippen molar-refractivity contribution in [2.45, 2.75) is 12.8 Å². The molecule has 1 aromatic rings. The Morgan fingerprint density at radius 2 is 2.25 bits per heavy atom. The lowest BCUT2D eigenvalue weighted by molar-refractivity contribution is 0.0949. The molecule has 0 saturated carbocycles. The second-order valence-electron chi connectivity index (χ2n) is 3.91. The van der Waals surface area contributed by atoms with Crippen molar-refractivity contribution in [2.24, 2.45) is 0 Å². The largest absolute Gasteiger partial charge is 0.452 e. The average Bonchev–Trinajstić information content (AvgIpc) is 2.88. The molecule has 2 heterocycles. The molecule has 1 aromatic heterocycles. The van der Waals surface area contributed by atoms with Crippen LogP contribution in [-0.2, 0) is 0 Å². The number of likely N-dealkylation sites (tertiary alicyclic amines) is 1. The third kappa shape index (κ3) is 2.77. The zero-order valence-corrected chi connectivity index (χ0v) is 9.79. The number of nitrogens with zero attached hydrogens (tertiary/aromatic N) is 1. The van der Waals surface area contributed by atoms with Gasteiger partial charge >= 0.3 is 0 Å². The molecule has 2 rings (SSSR count). The number of hydrogen-bond donors (Lipinski definition) is 1. The number of rotatable bonds is 4. The first-order valence-corrected chi connectivity index (χ1v) is 5.89. The van der Waals surface area contributed by atoms with Gasteiger partial charge in [0, 0.05) is 13.1 Å². The van der Waals surface area contributed by atoms with E-state index in [-0.39, 0.29) is 11.1 Å². The highest BCUT2D eigenvalue weighted by molar-refractivity contribution is 6.32. The van der Waals surface area contributed by atoms with E-state index in [1.54, 1.807) is 6.07 Å². The van der Waals surface area contributed by atoms with E-state index in [0.717, 1.165) is 19.6 Å². The maximum atomic E-state index is 11.6.